The van der Waals surface area contributed by atoms with Gasteiger partial charge in [0.25, 0.3) is 0 Å². The van der Waals surface area contributed by atoms with Crippen LogP contribution in [0.25, 0.3) is 0 Å². The molecule has 19 heavy (non-hydrogen) atoms. The minimum absolute atomic E-state index is 0.552. The van der Waals surface area contributed by atoms with Crippen LogP contribution >= 0.6 is 0 Å². The summed E-state index contributed by atoms with van der Waals surface area (Å²) >= 11 is 0. The van der Waals surface area contributed by atoms with Crippen LogP contribution in [-0.2, 0) is 13.0 Å². The summed E-state index contributed by atoms with van der Waals surface area (Å²) in [6, 6.07) is 7.00. The van der Waals surface area contributed by atoms with E-state index < -0.39 is 0 Å². The van der Waals surface area contributed by atoms with Crippen molar-refractivity contribution in [2.24, 2.45) is 5.41 Å². The van der Waals surface area contributed by atoms with Gasteiger partial charge in [-0.3, -0.25) is 4.90 Å². The zero-order valence-electron chi connectivity index (χ0n) is 12.3. The molecule has 0 atom stereocenters. The molecule has 2 aliphatic rings. The number of hydrogen-bond donors (Lipinski definition) is 1. The van der Waals surface area contributed by atoms with E-state index >= 15 is 0 Å². The molecule has 0 bridgehead atoms. The summed E-state index contributed by atoms with van der Waals surface area (Å²) in [5.41, 5.74) is 4.91. The molecule has 0 aromatic heterocycles. The number of anilines is 1. The molecule has 1 saturated heterocycles. The lowest BCUT2D eigenvalue weighted by Gasteiger charge is -2.37. The van der Waals surface area contributed by atoms with E-state index in [1.165, 1.54) is 55.6 Å². The molecule has 2 heterocycles. The van der Waals surface area contributed by atoms with Crippen LogP contribution in [0.4, 0.5) is 5.69 Å². The Bertz CT molecular complexity index is 441. The van der Waals surface area contributed by atoms with Crippen LogP contribution in [-0.4, -0.2) is 24.5 Å². The van der Waals surface area contributed by atoms with Gasteiger partial charge in [-0.25, -0.2) is 0 Å². The van der Waals surface area contributed by atoms with E-state index in [4.69, 9.17) is 0 Å². The van der Waals surface area contributed by atoms with Crippen LogP contribution in [0.3, 0.4) is 0 Å². The fourth-order valence-corrected chi connectivity index (χ4v) is 3.20. The Morgan fingerprint density at radius 3 is 2.79 bits per heavy atom. The van der Waals surface area contributed by atoms with Gasteiger partial charge < -0.3 is 5.32 Å². The molecule has 0 spiro atoms. The van der Waals surface area contributed by atoms with Crippen LogP contribution in [0.5, 0.6) is 0 Å². The van der Waals surface area contributed by atoms with Crippen molar-refractivity contribution in [2.45, 2.75) is 46.1 Å². The lowest BCUT2D eigenvalue weighted by Crippen LogP contribution is -2.36. The van der Waals surface area contributed by atoms with Gasteiger partial charge in [-0.2, -0.15) is 0 Å². The molecule has 104 valence electrons. The van der Waals surface area contributed by atoms with Crippen molar-refractivity contribution < 1.29 is 0 Å². The Labute approximate surface area is 117 Å². The summed E-state index contributed by atoms with van der Waals surface area (Å²) in [6.45, 7) is 9.56. The quantitative estimate of drug-likeness (QED) is 0.871. The second-order valence-corrected chi connectivity index (χ2v) is 6.96. The molecule has 0 unspecified atom stereocenters. The Hall–Kier alpha value is -1.02. The highest BCUT2D eigenvalue weighted by atomic mass is 15.1. The molecular formula is C17H26N2. The molecule has 0 radical (unpaired) electrons. The summed E-state index contributed by atoms with van der Waals surface area (Å²) in [7, 11) is 0. The number of piperidine rings is 1. The molecule has 2 heteroatoms. The van der Waals surface area contributed by atoms with Crippen LogP contribution in [0, 0.1) is 5.41 Å². The van der Waals surface area contributed by atoms with Gasteiger partial charge in [0.2, 0.25) is 0 Å². The summed E-state index contributed by atoms with van der Waals surface area (Å²) in [5, 5.41) is 3.49. The van der Waals surface area contributed by atoms with Gasteiger partial charge in [0, 0.05) is 18.8 Å². The Balaban J connectivity index is 1.64. The van der Waals surface area contributed by atoms with Gasteiger partial charge in [-0.05, 0) is 61.4 Å². The summed E-state index contributed by atoms with van der Waals surface area (Å²) in [4.78, 5) is 2.61. The molecular weight excluding hydrogens is 232 g/mol. The number of fused-ring (bicyclic) bond motifs is 1. The van der Waals surface area contributed by atoms with E-state index in [1.807, 2.05) is 0 Å². The topological polar surface area (TPSA) is 15.3 Å². The molecule has 0 amide bonds. The number of benzene rings is 1. The Kier molecular flexibility index (Phi) is 3.53. The predicted octanol–water partition coefficient (Wildman–Crippen LogP) is 3.67. The number of nitrogens with one attached hydrogen (secondary N) is 1. The first-order valence-corrected chi connectivity index (χ1v) is 7.70. The summed E-state index contributed by atoms with van der Waals surface area (Å²) in [6.07, 6.45) is 5.18. The maximum Gasteiger partial charge on any atom is 0.0372 e. The van der Waals surface area contributed by atoms with E-state index in [9.17, 15) is 0 Å². The molecule has 0 aliphatic carbocycles. The first-order valence-electron chi connectivity index (χ1n) is 7.70. The maximum atomic E-state index is 3.49. The molecule has 2 nitrogen and oxygen atoms in total. The van der Waals surface area contributed by atoms with Crippen molar-refractivity contribution in [3.8, 4) is 0 Å². The lowest BCUT2D eigenvalue weighted by atomic mass is 9.82. The van der Waals surface area contributed by atoms with Crippen molar-refractivity contribution in [2.75, 3.05) is 25.0 Å². The second-order valence-electron chi connectivity index (χ2n) is 6.96. The maximum absolute atomic E-state index is 3.49. The number of nitrogens with zero attached hydrogens (tertiary/aromatic N) is 1. The highest BCUT2D eigenvalue weighted by Gasteiger charge is 2.25. The van der Waals surface area contributed by atoms with Crippen LogP contribution in [0.15, 0.2) is 18.2 Å². The van der Waals surface area contributed by atoms with Gasteiger partial charge in [0.15, 0.2) is 0 Å². The van der Waals surface area contributed by atoms with Crippen LogP contribution < -0.4 is 5.32 Å². The monoisotopic (exact) mass is 258 g/mol. The third-order valence-corrected chi connectivity index (χ3v) is 4.72. The molecule has 3 rings (SSSR count). The fourth-order valence-electron chi connectivity index (χ4n) is 3.20. The van der Waals surface area contributed by atoms with Gasteiger partial charge in [0.05, 0.1) is 0 Å². The van der Waals surface area contributed by atoms with Gasteiger partial charge in [-0.1, -0.05) is 26.0 Å². The average Bonchev–Trinajstić information content (AvgIpc) is 2.41. The van der Waals surface area contributed by atoms with Gasteiger partial charge >= 0.3 is 0 Å². The SMILES string of the molecule is CC1(C)CCN(Cc2ccc3c(c2)CCCN3)CC1. The molecule has 2 aliphatic heterocycles. The zero-order valence-corrected chi connectivity index (χ0v) is 12.3. The molecule has 1 N–H and O–H groups in total. The number of aryl methyl sites for hydroxylation is 1. The van der Waals surface area contributed by atoms with Crippen molar-refractivity contribution in [1.82, 2.24) is 4.90 Å². The highest BCUT2D eigenvalue weighted by Crippen LogP contribution is 2.31. The van der Waals surface area contributed by atoms with Crippen molar-refractivity contribution >= 4 is 5.69 Å². The average molecular weight is 258 g/mol. The third kappa shape index (κ3) is 3.11. The Morgan fingerprint density at radius 1 is 1.21 bits per heavy atom. The molecule has 0 saturated carbocycles. The first-order chi connectivity index (χ1) is 9.12. The number of rotatable bonds is 2. The normalized spacial score (nSPS) is 22.6. The fraction of sp³-hybridized carbons (Fsp3) is 0.647. The standard InChI is InChI=1S/C17H26N2/c1-17(2)7-10-19(11-8-17)13-14-5-6-16-15(12-14)4-3-9-18-16/h5-6,12,18H,3-4,7-11,13H2,1-2H3. The number of hydrogen-bond acceptors (Lipinski definition) is 2. The second kappa shape index (κ2) is 5.16. The van der Waals surface area contributed by atoms with Crippen molar-refractivity contribution in [3.05, 3.63) is 29.3 Å². The van der Waals surface area contributed by atoms with Crippen molar-refractivity contribution in [3.63, 3.8) is 0 Å². The zero-order chi connectivity index (χ0) is 13.3. The summed E-state index contributed by atoms with van der Waals surface area (Å²) < 4.78 is 0. The smallest absolute Gasteiger partial charge is 0.0372 e. The third-order valence-electron chi connectivity index (χ3n) is 4.72. The Morgan fingerprint density at radius 2 is 2.00 bits per heavy atom. The van der Waals surface area contributed by atoms with Crippen LogP contribution in [0.2, 0.25) is 0 Å². The van der Waals surface area contributed by atoms with Crippen LogP contribution in [0.1, 0.15) is 44.2 Å². The van der Waals surface area contributed by atoms with E-state index in [2.05, 4.69) is 42.3 Å². The summed E-state index contributed by atoms with van der Waals surface area (Å²) in [5.74, 6) is 0. The van der Waals surface area contributed by atoms with Crippen molar-refractivity contribution in [1.29, 1.82) is 0 Å². The van der Waals surface area contributed by atoms with E-state index in [0.717, 1.165) is 13.1 Å². The largest absolute Gasteiger partial charge is 0.385 e. The van der Waals surface area contributed by atoms with Gasteiger partial charge in [-0.15, -0.1) is 0 Å². The molecule has 1 aromatic carbocycles. The minimum Gasteiger partial charge on any atom is -0.385 e. The molecule has 1 aromatic rings. The number of likely N-dealkylation sites (tertiary alicyclic amines) is 1. The van der Waals surface area contributed by atoms with E-state index in [0.29, 0.717) is 5.41 Å². The minimum atomic E-state index is 0.552. The van der Waals surface area contributed by atoms with E-state index in [-0.39, 0.29) is 0 Å². The lowest BCUT2D eigenvalue weighted by molar-refractivity contribution is 0.127. The molecule has 1 fully saturated rings. The van der Waals surface area contributed by atoms with Gasteiger partial charge in [0.1, 0.15) is 0 Å². The predicted molar refractivity (Wildman–Crippen MR) is 81.5 cm³/mol. The highest BCUT2D eigenvalue weighted by molar-refractivity contribution is 5.54. The van der Waals surface area contributed by atoms with E-state index in [1.54, 1.807) is 0 Å². The first kappa shape index (κ1) is 13.0.